The second-order valence-corrected chi connectivity index (χ2v) is 5.94. The normalized spacial score (nSPS) is 12.5. The highest BCUT2D eigenvalue weighted by atomic mass is 35.5. The molecule has 112 valence electrons. The number of nitrogens with one attached hydrogen (secondary N) is 1. The van der Waals surface area contributed by atoms with Crippen LogP contribution in [0.1, 0.15) is 40.8 Å². The summed E-state index contributed by atoms with van der Waals surface area (Å²) in [7, 11) is 0. The molecule has 2 rings (SSSR count). The van der Waals surface area contributed by atoms with Gasteiger partial charge in [-0.25, -0.2) is 4.39 Å². The molecule has 0 aliphatic heterocycles. The Morgan fingerprint density at radius 2 is 1.67 bits per heavy atom. The summed E-state index contributed by atoms with van der Waals surface area (Å²) in [5, 5.41) is 4.22. The van der Waals surface area contributed by atoms with Crippen molar-refractivity contribution in [2.45, 2.75) is 33.7 Å². The van der Waals surface area contributed by atoms with Crippen LogP contribution >= 0.6 is 11.6 Å². The summed E-state index contributed by atoms with van der Waals surface area (Å²) in [4.78, 5) is 0. The quantitative estimate of drug-likeness (QED) is 0.828. The molecule has 0 saturated heterocycles. The minimum Gasteiger partial charge on any atom is -0.307 e. The average molecular weight is 306 g/mol. The van der Waals surface area contributed by atoms with Gasteiger partial charge in [0.05, 0.1) is 6.04 Å². The number of hydrogen-bond donors (Lipinski definition) is 1. The number of hydrogen-bond acceptors (Lipinski definition) is 1. The van der Waals surface area contributed by atoms with Crippen molar-refractivity contribution in [3.8, 4) is 0 Å². The Kier molecular flexibility index (Phi) is 5.02. The van der Waals surface area contributed by atoms with Crippen LogP contribution in [-0.2, 0) is 0 Å². The maximum absolute atomic E-state index is 13.5. The molecular weight excluding hydrogens is 285 g/mol. The van der Waals surface area contributed by atoms with Crippen LogP contribution in [0.4, 0.5) is 4.39 Å². The molecule has 1 nitrogen and oxygen atoms in total. The molecule has 0 aromatic heterocycles. The van der Waals surface area contributed by atoms with Crippen molar-refractivity contribution in [3.05, 3.63) is 69.0 Å². The number of benzene rings is 2. The Morgan fingerprint density at radius 3 is 2.19 bits per heavy atom. The zero-order chi connectivity index (χ0) is 15.6. The van der Waals surface area contributed by atoms with E-state index in [1.807, 2.05) is 32.9 Å². The van der Waals surface area contributed by atoms with Crippen molar-refractivity contribution >= 4 is 11.6 Å². The van der Waals surface area contributed by atoms with E-state index in [0.29, 0.717) is 0 Å². The Morgan fingerprint density at radius 1 is 1.05 bits per heavy atom. The van der Waals surface area contributed by atoms with Gasteiger partial charge in [0, 0.05) is 5.02 Å². The predicted molar refractivity (Wildman–Crippen MR) is 87.6 cm³/mol. The molecule has 0 spiro atoms. The fourth-order valence-corrected chi connectivity index (χ4v) is 3.20. The van der Waals surface area contributed by atoms with Gasteiger partial charge in [0.15, 0.2) is 0 Å². The van der Waals surface area contributed by atoms with E-state index >= 15 is 0 Å². The van der Waals surface area contributed by atoms with Crippen LogP contribution in [-0.4, -0.2) is 6.54 Å². The minimum atomic E-state index is -0.189. The van der Waals surface area contributed by atoms with Gasteiger partial charge < -0.3 is 5.32 Å². The Hall–Kier alpha value is -1.38. The first-order chi connectivity index (χ1) is 9.92. The summed E-state index contributed by atoms with van der Waals surface area (Å²) in [5.74, 6) is -0.189. The topological polar surface area (TPSA) is 12.0 Å². The van der Waals surface area contributed by atoms with E-state index in [4.69, 9.17) is 11.6 Å². The fourth-order valence-electron chi connectivity index (χ4n) is 2.90. The van der Waals surface area contributed by atoms with E-state index in [1.165, 1.54) is 0 Å². The number of aryl methyl sites for hydroxylation is 3. The van der Waals surface area contributed by atoms with E-state index in [0.717, 1.165) is 39.4 Å². The average Bonchev–Trinajstić information content (AvgIpc) is 2.35. The first-order valence-corrected chi connectivity index (χ1v) is 7.57. The zero-order valence-electron chi connectivity index (χ0n) is 12.9. The summed E-state index contributed by atoms with van der Waals surface area (Å²) in [5.41, 5.74) is 5.27. The summed E-state index contributed by atoms with van der Waals surface area (Å²) in [6, 6.07) is 9.24. The predicted octanol–water partition coefficient (Wildman–Crippen LogP) is 5.10. The number of halogens is 2. The van der Waals surface area contributed by atoms with Crippen molar-refractivity contribution in [1.82, 2.24) is 5.32 Å². The third-order valence-corrected chi connectivity index (χ3v) is 3.87. The van der Waals surface area contributed by atoms with Gasteiger partial charge in [-0.15, -0.1) is 0 Å². The molecule has 1 atom stereocenters. The molecule has 0 bridgehead atoms. The number of rotatable bonds is 4. The molecule has 0 saturated carbocycles. The van der Waals surface area contributed by atoms with E-state index in [9.17, 15) is 4.39 Å². The van der Waals surface area contributed by atoms with Crippen LogP contribution in [0.15, 0.2) is 30.3 Å². The van der Waals surface area contributed by atoms with Crippen molar-refractivity contribution in [2.75, 3.05) is 6.54 Å². The van der Waals surface area contributed by atoms with E-state index in [1.54, 1.807) is 12.1 Å². The van der Waals surface area contributed by atoms with Gasteiger partial charge in [-0.3, -0.25) is 0 Å². The third-order valence-electron chi connectivity index (χ3n) is 3.65. The van der Waals surface area contributed by atoms with Gasteiger partial charge in [-0.05, 0) is 79.4 Å². The van der Waals surface area contributed by atoms with Gasteiger partial charge in [0.25, 0.3) is 0 Å². The maximum atomic E-state index is 13.5. The molecule has 0 aliphatic rings. The molecule has 1 unspecified atom stereocenters. The van der Waals surface area contributed by atoms with Gasteiger partial charge in [-0.2, -0.15) is 0 Å². The second-order valence-electron chi connectivity index (χ2n) is 5.51. The lowest BCUT2D eigenvalue weighted by atomic mass is 9.90. The standard InChI is InChI=1S/C18H21ClFN/c1-5-21-18(14-6-11(2)7-15(19)10-14)17-12(3)8-16(20)9-13(17)4/h6-10,18,21H,5H2,1-4H3. The highest BCUT2D eigenvalue weighted by Gasteiger charge is 2.19. The molecule has 21 heavy (non-hydrogen) atoms. The fraction of sp³-hybridized carbons (Fsp3) is 0.333. The van der Waals surface area contributed by atoms with Crippen LogP contribution in [0.25, 0.3) is 0 Å². The monoisotopic (exact) mass is 305 g/mol. The third kappa shape index (κ3) is 3.63. The van der Waals surface area contributed by atoms with E-state index in [-0.39, 0.29) is 11.9 Å². The maximum Gasteiger partial charge on any atom is 0.123 e. The summed E-state index contributed by atoms with van der Waals surface area (Å²) in [6.07, 6.45) is 0. The molecule has 1 N–H and O–H groups in total. The molecule has 0 radical (unpaired) electrons. The first-order valence-electron chi connectivity index (χ1n) is 7.19. The molecule has 0 amide bonds. The first kappa shape index (κ1) is 16.0. The highest BCUT2D eigenvalue weighted by molar-refractivity contribution is 6.30. The molecule has 0 aliphatic carbocycles. The van der Waals surface area contributed by atoms with Crippen LogP contribution in [0, 0.1) is 26.6 Å². The van der Waals surface area contributed by atoms with Crippen molar-refractivity contribution in [3.63, 3.8) is 0 Å². The molecule has 0 heterocycles. The van der Waals surface area contributed by atoms with Crippen LogP contribution < -0.4 is 5.32 Å². The zero-order valence-corrected chi connectivity index (χ0v) is 13.7. The van der Waals surface area contributed by atoms with Crippen molar-refractivity contribution in [2.24, 2.45) is 0 Å². The molecule has 3 heteroatoms. The molecular formula is C18H21ClFN. The molecule has 2 aromatic rings. The lowest BCUT2D eigenvalue weighted by Gasteiger charge is -2.24. The summed E-state index contributed by atoms with van der Waals surface area (Å²) >= 11 is 6.20. The van der Waals surface area contributed by atoms with Crippen LogP contribution in [0.5, 0.6) is 0 Å². The largest absolute Gasteiger partial charge is 0.307 e. The Bertz CT molecular complexity index is 608. The SMILES string of the molecule is CCNC(c1cc(C)cc(Cl)c1)c1c(C)cc(F)cc1C. The van der Waals surface area contributed by atoms with Crippen LogP contribution in [0.2, 0.25) is 5.02 Å². The lowest BCUT2D eigenvalue weighted by molar-refractivity contribution is 0.606. The Balaban J connectivity index is 2.58. The highest BCUT2D eigenvalue weighted by Crippen LogP contribution is 2.30. The lowest BCUT2D eigenvalue weighted by Crippen LogP contribution is -2.24. The summed E-state index contributed by atoms with van der Waals surface area (Å²) < 4.78 is 13.5. The molecule has 0 fully saturated rings. The van der Waals surface area contributed by atoms with Gasteiger partial charge in [-0.1, -0.05) is 24.6 Å². The van der Waals surface area contributed by atoms with Crippen LogP contribution in [0.3, 0.4) is 0 Å². The van der Waals surface area contributed by atoms with E-state index in [2.05, 4.69) is 18.3 Å². The smallest absolute Gasteiger partial charge is 0.123 e. The van der Waals surface area contributed by atoms with Crippen molar-refractivity contribution in [1.29, 1.82) is 0 Å². The van der Waals surface area contributed by atoms with Gasteiger partial charge in [0.1, 0.15) is 5.82 Å². The van der Waals surface area contributed by atoms with Gasteiger partial charge in [0.2, 0.25) is 0 Å². The summed E-state index contributed by atoms with van der Waals surface area (Å²) in [6.45, 7) is 8.83. The molecule has 2 aromatic carbocycles. The van der Waals surface area contributed by atoms with Gasteiger partial charge >= 0.3 is 0 Å². The Labute approximate surface area is 131 Å². The minimum absolute atomic E-state index is 0.0213. The van der Waals surface area contributed by atoms with E-state index < -0.39 is 0 Å². The van der Waals surface area contributed by atoms with Crippen molar-refractivity contribution < 1.29 is 4.39 Å². The second kappa shape index (κ2) is 6.59.